The number of nitrogens with zero attached hydrogens (tertiary/aromatic N) is 1. The van der Waals surface area contributed by atoms with Gasteiger partial charge in [-0.25, -0.2) is 0 Å². The largest absolute Gasteiger partial charge is 0.481 e. The Hall–Kier alpha value is -1.77. The molecule has 0 unspecified atom stereocenters. The normalized spacial score (nSPS) is 16.3. The first-order valence-electron chi connectivity index (χ1n) is 7.31. The van der Waals surface area contributed by atoms with E-state index in [-0.39, 0.29) is 0 Å². The second-order valence-electron chi connectivity index (χ2n) is 6.47. The summed E-state index contributed by atoms with van der Waals surface area (Å²) in [5, 5.41) is 10.6. The monoisotopic (exact) mass is 271 g/mol. The maximum absolute atomic E-state index is 11.4. The van der Waals surface area contributed by atoms with Gasteiger partial charge in [-0.1, -0.05) is 18.6 Å². The van der Waals surface area contributed by atoms with E-state index in [0.717, 1.165) is 23.5 Å². The number of aromatic nitrogens is 1. The van der Waals surface area contributed by atoms with Gasteiger partial charge in [0.05, 0.1) is 5.41 Å². The first-order chi connectivity index (χ1) is 9.48. The maximum Gasteiger partial charge on any atom is 0.313 e. The molecule has 1 aromatic heterocycles. The van der Waals surface area contributed by atoms with Crippen LogP contribution in [0.1, 0.15) is 38.7 Å². The highest BCUT2D eigenvalue weighted by atomic mass is 16.4. The third-order valence-electron chi connectivity index (χ3n) is 4.71. The molecule has 2 aromatic rings. The molecule has 3 rings (SSSR count). The van der Waals surface area contributed by atoms with E-state index in [1.165, 1.54) is 24.6 Å². The summed E-state index contributed by atoms with van der Waals surface area (Å²) < 4.78 is 2.28. The highest BCUT2D eigenvalue weighted by molar-refractivity contribution is 5.85. The number of fused-ring (bicyclic) bond motifs is 1. The van der Waals surface area contributed by atoms with Crippen LogP contribution >= 0.6 is 0 Å². The van der Waals surface area contributed by atoms with E-state index in [1.807, 2.05) is 18.2 Å². The Bertz CT molecular complexity index is 650. The minimum absolute atomic E-state index is 0.783. The number of carbonyl (C=O) groups is 1. The van der Waals surface area contributed by atoms with E-state index in [1.54, 1.807) is 13.8 Å². The van der Waals surface area contributed by atoms with Crippen molar-refractivity contribution >= 4 is 16.9 Å². The smallest absolute Gasteiger partial charge is 0.313 e. The van der Waals surface area contributed by atoms with Crippen LogP contribution in [-0.4, -0.2) is 15.6 Å². The van der Waals surface area contributed by atoms with Crippen LogP contribution in [0.4, 0.5) is 0 Å². The van der Waals surface area contributed by atoms with E-state index >= 15 is 0 Å². The number of carboxylic acids is 1. The Morgan fingerprint density at radius 1 is 1.35 bits per heavy atom. The van der Waals surface area contributed by atoms with Gasteiger partial charge in [0, 0.05) is 18.3 Å². The van der Waals surface area contributed by atoms with E-state index in [9.17, 15) is 9.90 Å². The topological polar surface area (TPSA) is 42.2 Å². The summed E-state index contributed by atoms with van der Waals surface area (Å²) in [7, 11) is 0. The molecule has 1 aromatic carbocycles. The van der Waals surface area contributed by atoms with Crippen molar-refractivity contribution in [1.82, 2.24) is 4.57 Å². The van der Waals surface area contributed by atoms with Gasteiger partial charge in [-0.2, -0.15) is 0 Å². The number of aliphatic carboxylic acids is 1. The van der Waals surface area contributed by atoms with Gasteiger partial charge in [0.25, 0.3) is 0 Å². The van der Waals surface area contributed by atoms with Crippen molar-refractivity contribution in [2.75, 3.05) is 0 Å². The van der Waals surface area contributed by atoms with E-state index < -0.39 is 11.4 Å². The first kappa shape index (κ1) is 13.2. The van der Waals surface area contributed by atoms with Gasteiger partial charge >= 0.3 is 5.97 Å². The number of rotatable bonds is 4. The van der Waals surface area contributed by atoms with Crippen molar-refractivity contribution < 1.29 is 9.90 Å². The second-order valence-corrected chi connectivity index (χ2v) is 6.47. The number of hydrogen-bond acceptors (Lipinski definition) is 1. The summed E-state index contributed by atoms with van der Waals surface area (Å²) in [6.07, 6.45) is 6.11. The fourth-order valence-corrected chi connectivity index (χ4v) is 2.81. The zero-order valence-electron chi connectivity index (χ0n) is 12.1. The summed E-state index contributed by atoms with van der Waals surface area (Å²) in [6.45, 7) is 4.58. The van der Waals surface area contributed by atoms with Gasteiger partial charge in [-0.3, -0.25) is 4.79 Å². The molecule has 1 N–H and O–H groups in total. The number of benzene rings is 1. The Balaban J connectivity index is 2.00. The SMILES string of the molecule is CC(C)(C(=O)O)c1ccc2ccn(CC3CCC3)c2c1. The summed E-state index contributed by atoms with van der Waals surface area (Å²) in [6, 6.07) is 8.13. The minimum Gasteiger partial charge on any atom is -0.481 e. The van der Waals surface area contributed by atoms with Crippen molar-refractivity contribution in [1.29, 1.82) is 0 Å². The molecule has 1 saturated carbocycles. The third-order valence-corrected chi connectivity index (χ3v) is 4.71. The summed E-state index contributed by atoms with van der Waals surface area (Å²) in [5.74, 6) is 0.00990. The van der Waals surface area contributed by atoms with Crippen molar-refractivity contribution in [3.8, 4) is 0 Å². The van der Waals surface area contributed by atoms with Crippen LogP contribution < -0.4 is 0 Å². The molecule has 1 heterocycles. The van der Waals surface area contributed by atoms with Crippen LogP contribution in [-0.2, 0) is 16.8 Å². The molecule has 1 fully saturated rings. The molecule has 0 spiro atoms. The van der Waals surface area contributed by atoms with Crippen LogP contribution in [0.2, 0.25) is 0 Å². The molecule has 0 bridgehead atoms. The van der Waals surface area contributed by atoms with Crippen molar-refractivity contribution in [2.24, 2.45) is 5.92 Å². The van der Waals surface area contributed by atoms with Crippen molar-refractivity contribution in [2.45, 2.75) is 45.1 Å². The van der Waals surface area contributed by atoms with Crippen LogP contribution in [0.5, 0.6) is 0 Å². The quantitative estimate of drug-likeness (QED) is 0.919. The fourth-order valence-electron chi connectivity index (χ4n) is 2.81. The lowest BCUT2D eigenvalue weighted by Crippen LogP contribution is -2.28. The van der Waals surface area contributed by atoms with E-state index in [2.05, 4.69) is 16.8 Å². The molecule has 1 aliphatic rings. The van der Waals surface area contributed by atoms with E-state index in [0.29, 0.717) is 0 Å². The molecular formula is C17H21NO2. The maximum atomic E-state index is 11.4. The number of carboxylic acid groups (broad SMARTS) is 1. The fraction of sp³-hybridized carbons (Fsp3) is 0.471. The third kappa shape index (κ3) is 2.11. The van der Waals surface area contributed by atoms with Gasteiger partial charge in [0.1, 0.15) is 0 Å². The zero-order valence-corrected chi connectivity index (χ0v) is 12.1. The Morgan fingerprint density at radius 3 is 2.70 bits per heavy atom. The summed E-state index contributed by atoms with van der Waals surface area (Å²) >= 11 is 0. The Morgan fingerprint density at radius 2 is 2.10 bits per heavy atom. The molecule has 1 aliphatic carbocycles. The molecule has 0 saturated heterocycles. The molecule has 20 heavy (non-hydrogen) atoms. The van der Waals surface area contributed by atoms with Crippen LogP contribution in [0.25, 0.3) is 10.9 Å². The summed E-state index contributed by atoms with van der Waals surface area (Å²) in [4.78, 5) is 11.4. The lowest BCUT2D eigenvalue weighted by atomic mass is 9.84. The van der Waals surface area contributed by atoms with E-state index in [4.69, 9.17) is 0 Å². The molecule has 0 atom stereocenters. The van der Waals surface area contributed by atoms with Gasteiger partial charge in [-0.05, 0) is 55.7 Å². The number of hydrogen-bond donors (Lipinski definition) is 1. The van der Waals surface area contributed by atoms with Gasteiger partial charge in [0.15, 0.2) is 0 Å². The van der Waals surface area contributed by atoms with Gasteiger partial charge in [0.2, 0.25) is 0 Å². The lowest BCUT2D eigenvalue weighted by Gasteiger charge is -2.26. The van der Waals surface area contributed by atoms with Crippen LogP contribution in [0.3, 0.4) is 0 Å². The molecule has 3 nitrogen and oxygen atoms in total. The second kappa shape index (κ2) is 4.65. The molecule has 0 amide bonds. The molecule has 0 aliphatic heterocycles. The average molecular weight is 271 g/mol. The highest BCUT2D eigenvalue weighted by Crippen LogP contribution is 2.31. The summed E-state index contributed by atoms with van der Waals surface area (Å²) in [5.41, 5.74) is 1.18. The zero-order chi connectivity index (χ0) is 14.3. The predicted molar refractivity (Wildman–Crippen MR) is 79.9 cm³/mol. The standard InChI is InChI=1S/C17H21NO2/c1-17(2,16(19)20)14-7-6-13-8-9-18(15(13)10-14)11-12-4-3-5-12/h6-10,12H,3-5,11H2,1-2H3,(H,19,20). The van der Waals surface area contributed by atoms with Gasteiger partial charge in [-0.15, -0.1) is 0 Å². The average Bonchev–Trinajstić information content (AvgIpc) is 2.75. The molecular weight excluding hydrogens is 250 g/mol. The van der Waals surface area contributed by atoms with Crippen molar-refractivity contribution in [3.05, 3.63) is 36.0 Å². The molecule has 0 radical (unpaired) electrons. The van der Waals surface area contributed by atoms with Crippen LogP contribution in [0.15, 0.2) is 30.5 Å². The minimum atomic E-state index is -0.847. The Kier molecular flexibility index (Phi) is 3.08. The van der Waals surface area contributed by atoms with Gasteiger partial charge < -0.3 is 9.67 Å². The lowest BCUT2D eigenvalue weighted by molar-refractivity contribution is -0.142. The highest BCUT2D eigenvalue weighted by Gasteiger charge is 2.29. The molecule has 3 heteroatoms. The molecule has 106 valence electrons. The van der Waals surface area contributed by atoms with Crippen LogP contribution in [0, 0.1) is 5.92 Å². The Labute approximate surface area is 119 Å². The first-order valence-corrected chi connectivity index (χ1v) is 7.31. The van der Waals surface area contributed by atoms with Crippen molar-refractivity contribution in [3.63, 3.8) is 0 Å². The predicted octanol–water partition coefficient (Wildman–Crippen LogP) is 3.80.